The summed E-state index contributed by atoms with van der Waals surface area (Å²) < 4.78 is 5.44. The molecule has 1 amide bonds. The van der Waals surface area contributed by atoms with E-state index in [2.05, 4.69) is 5.32 Å². The van der Waals surface area contributed by atoms with Crippen LogP contribution in [0.15, 0.2) is 66.7 Å². The Labute approximate surface area is 172 Å². The lowest BCUT2D eigenvalue weighted by molar-refractivity contribution is -0.111. The number of nitrogens with one attached hydrogen (secondary N) is 1. The molecule has 30 heavy (non-hydrogen) atoms. The minimum atomic E-state index is -1.26. The predicted octanol–water partition coefficient (Wildman–Crippen LogP) is 4.12. The normalized spacial score (nSPS) is 10.7. The molecule has 0 saturated heterocycles. The van der Waals surface area contributed by atoms with Crippen LogP contribution in [0.1, 0.15) is 15.9 Å². The van der Waals surface area contributed by atoms with Crippen molar-refractivity contribution in [1.82, 2.24) is 0 Å². The van der Waals surface area contributed by atoms with Gasteiger partial charge >= 0.3 is 5.97 Å². The van der Waals surface area contributed by atoms with Gasteiger partial charge in [0, 0.05) is 11.6 Å². The maximum Gasteiger partial charge on any atom is 0.337 e. The topological polar surface area (TPSA) is 116 Å². The SMILES string of the molecule is COc1cc(C=CC(=O)Nc2ccc(O)cc2C(=O)O)ccc1-c1ccc(O)cc1. The summed E-state index contributed by atoms with van der Waals surface area (Å²) in [6, 6.07) is 15.8. The fourth-order valence-electron chi connectivity index (χ4n) is 2.86. The van der Waals surface area contributed by atoms with E-state index in [4.69, 9.17) is 4.74 Å². The van der Waals surface area contributed by atoms with E-state index < -0.39 is 11.9 Å². The van der Waals surface area contributed by atoms with E-state index in [9.17, 15) is 24.9 Å². The Hall–Kier alpha value is -4.26. The molecule has 0 radical (unpaired) electrons. The van der Waals surface area contributed by atoms with Crippen LogP contribution in [0.5, 0.6) is 17.2 Å². The van der Waals surface area contributed by atoms with Gasteiger partial charge in [0.15, 0.2) is 0 Å². The van der Waals surface area contributed by atoms with E-state index in [-0.39, 0.29) is 22.7 Å². The molecule has 0 aliphatic carbocycles. The van der Waals surface area contributed by atoms with Gasteiger partial charge in [0.1, 0.15) is 17.2 Å². The molecule has 0 fully saturated rings. The van der Waals surface area contributed by atoms with Gasteiger partial charge in [0.2, 0.25) is 5.91 Å². The predicted molar refractivity (Wildman–Crippen MR) is 113 cm³/mol. The molecule has 0 unspecified atom stereocenters. The summed E-state index contributed by atoms with van der Waals surface area (Å²) in [5.74, 6) is -1.23. The molecule has 0 aliphatic rings. The smallest absolute Gasteiger partial charge is 0.337 e. The van der Waals surface area contributed by atoms with Crippen molar-refractivity contribution in [2.45, 2.75) is 0 Å². The Morgan fingerprint density at radius 3 is 2.30 bits per heavy atom. The number of carbonyl (C=O) groups is 2. The van der Waals surface area contributed by atoms with E-state index in [0.717, 1.165) is 17.2 Å². The van der Waals surface area contributed by atoms with Crippen molar-refractivity contribution < 1.29 is 29.6 Å². The lowest BCUT2D eigenvalue weighted by Crippen LogP contribution is -2.11. The molecule has 0 spiro atoms. The Balaban J connectivity index is 1.78. The zero-order valence-corrected chi connectivity index (χ0v) is 16.0. The number of carboxylic acid groups (broad SMARTS) is 1. The van der Waals surface area contributed by atoms with Crippen LogP contribution in [0, 0.1) is 0 Å². The van der Waals surface area contributed by atoms with Crippen molar-refractivity contribution in [2.24, 2.45) is 0 Å². The van der Waals surface area contributed by atoms with Crippen LogP contribution in [0.4, 0.5) is 5.69 Å². The van der Waals surface area contributed by atoms with Gasteiger partial charge in [-0.15, -0.1) is 0 Å². The van der Waals surface area contributed by atoms with Crippen LogP contribution in [-0.4, -0.2) is 34.3 Å². The molecule has 3 aromatic carbocycles. The minimum Gasteiger partial charge on any atom is -0.508 e. The van der Waals surface area contributed by atoms with E-state index in [1.807, 2.05) is 6.07 Å². The number of phenolic OH excluding ortho intramolecular Hbond substituents is 2. The van der Waals surface area contributed by atoms with Gasteiger partial charge in [-0.3, -0.25) is 4.79 Å². The van der Waals surface area contributed by atoms with Crippen LogP contribution >= 0.6 is 0 Å². The van der Waals surface area contributed by atoms with Crippen molar-refractivity contribution in [3.8, 4) is 28.4 Å². The van der Waals surface area contributed by atoms with Gasteiger partial charge in [-0.25, -0.2) is 4.79 Å². The number of hydrogen-bond donors (Lipinski definition) is 4. The first-order chi connectivity index (χ1) is 14.4. The third-order valence-corrected chi connectivity index (χ3v) is 4.32. The monoisotopic (exact) mass is 405 g/mol. The molecular weight excluding hydrogens is 386 g/mol. The Morgan fingerprint density at radius 1 is 0.933 bits per heavy atom. The largest absolute Gasteiger partial charge is 0.508 e. The van der Waals surface area contributed by atoms with Crippen molar-refractivity contribution in [3.05, 3.63) is 77.9 Å². The second-order valence-electron chi connectivity index (χ2n) is 6.36. The van der Waals surface area contributed by atoms with Crippen LogP contribution < -0.4 is 10.1 Å². The maximum atomic E-state index is 12.2. The summed E-state index contributed by atoms with van der Waals surface area (Å²) in [7, 11) is 1.54. The number of amides is 1. The van der Waals surface area contributed by atoms with Crippen LogP contribution in [-0.2, 0) is 4.79 Å². The lowest BCUT2D eigenvalue weighted by Gasteiger charge is -2.10. The minimum absolute atomic E-state index is 0.0789. The van der Waals surface area contributed by atoms with E-state index >= 15 is 0 Å². The molecule has 0 aliphatic heterocycles. The number of rotatable bonds is 6. The highest BCUT2D eigenvalue weighted by Gasteiger charge is 2.12. The number of methoxy groups -OCH3 is 1. The molecule has 0 heterocycles. The number of ether oxygens (including phenoxy) is 1. The highest BCUT2D eigenvalue weighted by molar-refractivity contribution is 6.06. The molecule has 3 aromatic rings. The molecule has 3 rings (SSSR count). The number of carbonyl (C=O) groups excluding carboxylic acids is 1. The van der Waals surface area contributed by atoms with Crippen molar-refractivity contribution in [2.75, 3.05) is 12.4 Å². The standard InChI is InChI=1S/C23H19NO6/c1-30-21-12-14(2-9-18(21)15-4-6-16(25)7-5-15)3-11-22(27)24-20-10-8-17(26)13-19(20)23(28)29/h2-13,25-26H,1H3,(H,24,27)(H,28,29). The summed E-state index contributed by atoms with van der Waals surface area (Å²) in [5.41, 5.74) is 2.27. The number of phenols is 2. The van der Waals surface area contributed by atoms with Gasteiger partial charge < -0.3 is 25.4 Å². The first-order valence-electron chi connectivity index (χ1n) is 8.90. The Kier molecular flexibility index (Phi) is 6.03. The zero-order valence-electron chi connectivity index (χ0n) is 16.0. The van der Waals surface area contributed by atoms with Gasteiger partial charge in [-0.2, -0.15) is 0 Å². The van der Waals surface area contributed by atoms with Crippen LogP contribution in [0.2, 0.25) is 0 Å². The Bertz CT molecular complexity index is 1120. The van der Waals surface area contributed by atoms with Crippen molar-refractivity contribution in [3.63, 3.8) is 0 Å². The van der Waals surface area contributed by atoms with Gasteiger partial charge in [0.25, 0.3) is 0 Å². The molecule has 152 valence electrons. The van der Waals surface area contributed by atoms with Gasteiger partial charge in [-0.05, 0) is 53.6 Å². The molecule has 7 nitrogen and oxygen atoms in total. The molecular formula is C23H19NO6. The number of benzene rings is 3. The van der Waals surface area contributed by atoms with Crippen LogP contribution in [0.3, 0.4) is 0 Å². The van der Waals surface area contributed by atoms with Crippen LogP contribution in [0.25, 0.3) is 17.2 Å². The number of carboxylic acids is 1. The molecule has 0 atom stereocenters. The van der Waals surface area contributed by atoms with Gasteiger partial charge in [-0.1, -0.05) is 24.3 Å². The average molecular weight is 405 g/mol. The van der Waals surface area contributed by atoms with E-state index in [1.165, 1.54) is 25.3 Å². The zero-order chi connectivity index (χ0) is 21.7. The summed E-state index contributed by atoms with van der Waals surface area (Å²) in [5, 5.41) is 30.5. The highest BCUT2D eigenvalue weighted by Crippen LogP contribution is 2.32. The first-order valence-corrected chi connectivity index (χ1v) is 8.90. The quantitative estimate of drug-likeness (QED) is 0.362. The molecule has 0 aromatic heterocycles. The van der Waals surface area contributed by atoms with E-state index in [0.29, 0.717) is 11.3 Å². The second kappa shape index (κ2) is 8.83. The second-order valence-corrected chi connectivity index (χ2v) is 6.36. The fourth-order valence-corrected chi connectivity index (χ4v) is 2.86. The highest BCUT2D eigenvalue weighted by atomic mass is 16.5. The fraction of sp³-hybridized carbons (Fsp3) is 0.0435. The van der Waals surface area contributed by atoms with Gasteiger partial charge in [0.05, 0.1) is 18.4 Å². The summed E-state index contributed by atoms with van der Waals surface area (Å²) in [6.07, 6.45) is 2.84. The Morgan fingerprint density at radius 2 is 1.63 bits per heavy atom. The average Bonchev–Trinajstić information content (AvgIpc) is 2.74. The van der Waals surface area contributed by atoms with E-state index in [1.54, 1.807) is 42.5 Å². The summed E-state index contributed by atoms with van der Waals surface area (Å²) in [6.45, 7) is 0. The number of hydrogen-bond acceptors (Lipinski definition) is 5. The molecule has 7 heteroatoms. The third-order valence-electron chi connectivity index (χ3n) is 4.32. The maximum absolute atomic E-state index is 12.2. The molecule has 0 bridgehead atoms. The number of aromatic carboxylic acids is 1. The summed E-state index contributed by atoms with van der Waals surface area (Å²) >= 11 is 0. The lowest BCUT2D eigenvalue weighted by atomic mass is 10.0. The third kappa shape index (κ3) is 4.77. The number of anilines is 1. The van der Waals surface area contributed by atoms with Crippen molar-refractivity contribution in [1.29, 1.82) is 0 Å². The molecule has 0 saturated carbocycles. The number of aromatic hydroxyl groups is 2. The van der Waals surface area contributed by atoms with Crippen molar-refractivity contribution >= 4 is 23.6 Å². The molecule has 4 N–H and O–H groups in total. The first kappa shape index (κ1) is 20.5. The summed E-state index contributed by atoms with van der Waals surface area (Å²) in [4.78, 5) is 23.5.